The number of nitrogens with one attached hydrogen (secondary N) is 2. The van der Waals surface area contributed by atoms with Crippen LogP contribution in [0.25, 0.3) is 65.7 Å². The Labute approximate surface area is 667 Å². The average Bonchev–Trinajstić information content (AvgIpc) is 1.58. The molecule has 0 atom stereocenters. The number of nitrogens with zero attached hydrogens (tertiary/aromatic N) is 8. The van der Waals surface area contributed by atoms with Crippen molar-refractivity contribution in [1.29, 1.82) is 0 Å². The topological polar surface area (TPSA) is 276 Å². The zero-order valence-electron chi connectivity index (χ0n) is 59.6. The van der Waals surface area contributed by atoms with Gasteiger partial charge < -0.3 is 49.0 Å². The van der Waals surface area contributed by atoms with Crippen molar-refractivity contribution in [2.45, 2.75) is 113 Å². The molecule has 5 aromatic carbocycles. The number of aryl methyl sites for hydroxylation is 4. The first-order valence-corrected chi connectivity index (χ1v) is 35.3. The fraction of sp³-hybridized carbons (Fsp3) is 0.373. The second kappa shape index (κ2) is 42.4. The number of alkyl halides is 1. The van der Waals surface area contributed by atoms with E-state index in [1.165, 1.54) is 37.7 Å². The predicted octanol–water partition coefficient (Wildman–Crippen LogP) is 10.1. The Morgan fingerprint density at radius 3 is 1.59 bits per heavy atom. The number of H-pyrrole nitrogens is 1. The molecule has 2 aliphatic heterocycles. The molecular formula is C75H92Cl3IKN11O11. The van der Waals surface area contributed by atoms with Gasteiger partial charge in [-0.1, -0.05) is 129 Å². The Hall–Kier alpha value is -6.63. The normalized spacial score (nSPS) is 12.3. The van der Waals surface area contributed by atoms with Crippen LogP contribution < -0.4 is 67.5 Å². The summed E-state index contributed by atoms with van der Waals surface area (Å²) in [7, 11) is 10.5. The molecule has 3 amide bonds. The summed E-state index contributed by atoms with van der Waals surface area (Å²) in [6, 6.07) is 31.7. The molecule has 4 N–H and O–H groups in total. The van der Waals surface area contributed by atoms with E-state index in [0.29, 0.717) is 66.9 Å². The third-order valence-corrected chi connectivity index (χ3v) is 15.9. The number of nitrogens with two attached hydrogens (primary N) is 1. The summed E-state index contributed by atoms with van der Waals surface area (Å²) >= 11 is 20.3. The number of amides is 3. The van der Waals surface area contributed by atoms with E-state index in [9.17, 15) is 38.7 Å². The Kier molecular flexibility index (Phi) is 36.4. The van der Waals surface area contributed by atoms with E-state index in [1.54, 1.807) is 57.3 Å². The first kappa shape index (κ1) is 87.8. The number of rotatable bonds is 18. The van der Waals surface area contributed by atoms with Gasteiger partial charge in [0.1, 0.15) is 5.69 Å². The third kappa shape index (κ3) is 24.5. The maximum absolute atomic E-state index is 13.1. The number of para-hydroxylation sites is 2. The van der Waals surface area contributed by atoms with Gasteiger partial charge in [0.25, 0.3) is 23.4 Å². The number of hydrogen-bond donors (Lipinski definition) is 3. The Morgan fingerprint density at radius 2 is 1.09 bits per heavy atom. The van der Waals surface area contributed by atoms with Crippen LogP contribution in [0.15, 0.2) is 122 Å². The number of hydrogen-bond acceptors (Lipinski definition) is 15. The molecule has 1 saturated heterocycles. The number of methoxy groups -OCH3 is 2. The zero-order chi connectivity index (χ0) is 73.5. The first-order chi connectivity index (χ1) is 47.6. The number of primary amides is 1. The molecule has 7 heterocycles. The van der Waals surface area contributed by atoms with Gasteiger partial charge in [-0.3, -0.25) is 38.7 Å². The molecule has 102 heavy (non-hydrogen) atoms. The maximum Gasteiger partial charge on any atom is 1.00 e. The van der Waals surface area contributed by atoms with Crippen LogP contribution in [-0.4, -0.2) is 163 Å². The van der Waals surface area contributed by atoms with E-state index in [-0.39, 0.29) is 76.7 Å². The molecule has 0 unspecified atom stereocenters. The molecule has 2 aliphatic rings. The summed E-state index contributed by atoms with van der Waals surface area (Å²) in [6.07, 6.45) is 9.73. The van der Waals surface area contributed by atoms with Crippen LogP contribution in [-0.2, 0) is 70.8 Å². The molecule has 12 rings (SSSR count). The van der Waals surface area contributed by atoms with E-state index in [0.717, 1.165) is 102 Å². The summed E-state index contributed by atoms with van der Waals surface area (Å²) in [5.74, 6) is -4.29. The third-order valence-electron chi connectivity index (χ3n) is 15.2. The molecule has 27 heteroatoms. The molecule has 542 valence electrons. The van der Waals surface area contributed by atoms with Gasteiger partial charge in [0.2, 0.25) is 5.91 Å². The van der Waals surface area contributed by atoms with Crippen molar-refractivity contribution >= 4 is 164 Å². The first-order valence-electron chi connectivity index (χ1n) is 32.6. The van der Waals surface area contributed by atoms with Crippen molar-refractivity contribution in [3.63, 3.8) is 0 Å². The van der Waals surface area contributed by atoms with Crippen molar-refractivity contribution in [2.75, 3.05) is 73.1 Å². The summed E-state index contributed by atoms with van der Waals surface area (Å²) < 4.78 is 22.8. The van der Waals surface area contributed by atoms with Gasteiger partial charge in [-0.2, -0.15) is 10.2 Å². The molecule has 0 spiro atoms. The number of aromatic nitrogens is 7. The van der Waals surface area contributed by atoms with Gasteiger partial charge in [0, 0.05) is 122 Å². The minimum Gasteiger partial charge on any atom is -0.850 e. The monoisotopic (exact) mass is 1590 g/mol. The Balaban J connectivity index is 0.000000281. The minimum absolute atomic E-state index is 0. The number of aromatic amines is 1. The molecule has 0 radical (unpaired) electrons. The largest absolute Gasteiger partial charge is 1.00 e. The number of esters is 2. The number of carbonyl (C=O) groups is 7. The van der Waals surface area contributed by atoms with Crippen LogP contribution in [0.5, 0.6) is 0 Å². The Bertz CT molecular complexity index is 4530. The van der Waals surface area contributed by atoms with Crippen LogP contribution >= 0.6 is 57.4 Å². The quantitative estimate of drug-likeness (QED) is 0.0137. The minimum atomic E-state index is -0.888. The van der Waals surface area contributed by atoms with Gasteiger partial charge in [-0.25, -0.2) is 9.59 Å². The van der Waals surface area contributed by atoms with E-state index in [1.807, 2.05) is 121 Å². The van der Waals surface area contributed by atoms with Gasteiger partial charge >= 0.3 is 63.3 Å². The van der Waals surface area contributed by atoms with E-state index in [2.05, 4.69) is 82.9 Å². The second-order valence-corrected chi connectivity index (χ2v) is 27.3. The molecule has 1 fully saturated rings. The number of Topliss-reactive ketones (excluding diaryl/α,β-unsaturated/α-hetero) is 2. The Morgan fingerprint density at radius 1 is 0.637 bits per heavy atom. The summed E-state index contributed by atoms with van der Waals surface area (Å²) in [6.45, 7) is 17.9. The number of ketones is 2. The molecule has 0 saturated carbocycles. The summed E-state index contributed by atoms with van der Waals surface area (Å²) in [5.41, 5.74) is 12.3. The van der Waals surface area contributed by atoms with Crippen molar-refractivity contribution in [2.24, 2.45) is 5.73 Å². The molecular weight excluding hydrogens is 1500 g/mol. The van der Waals surface area contributed by atoms with E-state index < -0.39 is 40.9 Å². The number of halogens is 4. The molecule has 5 aromatic heterocycles. The molecule has 0 aliphatic carbocycles. The van der Waals surface area contributed by atoms with Crippen molar-refractivity contribution in [3.05, 3.63) is 165 Å². The molecule has 10 aromatic rings. The maximum atomic E-state index is 13.1. The number of ether oxygens (including phenoxy) is 3. The van der Waals surface area contributed by atoms with Crippen LogP contribution in [0.2, 0.25) is 15.1 Å². The van der Waals surface area contributed by atoms with Crippen molar-refractivity contribution < 1.29 is 104 Å². The number of benzene rings is 5. The van der Waals surface area contributed by atoms with Crippen molar-refractivity contribution in [1.82, 2.24) is 48.8 Å². The van der Waals surface area contributed by atoms with Gasteiger partial charge in [-0.05, 0) is 152 Å². The van der Waals surface area contributed by atoms with Crippen LogP contribution in [0.1, 0.15) is 112 Å². The van der Waals surface area contributed by atoms with Gasteiger partial charge in [0.15, 0.2) is 0 Å². The SMILES string of the molecule is C.C1CCOC1.CC(C)(C)[O-].CCI.CCn1cc(C(=O)C(=O)OC)c2cc(Cl)ccc21.CCn1cc(C2=C(c3nn(CCCN(C)C)c4ccccc34)C(=O)NC2=O)c2cc(Cl)ccc21.CN(C)CCCn1nc(CC(N)=O)c2ccccc21.COC(=O)C(=O)c1c[nH]c2ccc(Cl)cc12.[K+]. The number of carbonyl (C=O) groups excluding carboxylic acids is 7. The van der Waals surface area contributed by atoms with Gasteiger partial charge in [-0.15, -0.1) is 5.60 Å². The van der Waals surface area contributed by atoms with E-state index >= 15 is 0 Å². The van der Waals surface area contributed by atoms with E-state index in [4.69, 9.17) is 50.4 Å². The average molecular weight is 1600 g/mol. The number of fused-ring (bicyclic) bond motifs is 5. The van der Waals surface area contributed by atoms with Crippen molar-refractivity contribution in [3.8, 4) is 0 Å². The summed E-state index contributed by atoms with van der Waals surface area (Å²) in [4.78, 5) is 90.5. The fourth-order valence-corrected chi connectivity index (χ4v) is 11.3. The standard InChI is InChI=1S/C26H26ClN5O2.C14H20N4O.C13H12ClNO3.C11H8ClNO3.C4H8O.C4H9O.C2H5I.CH4.K/c1-4-31-15-19(18-14-16(27)10-11-20(18)31)22-23(26(34)28-25(22)33)24-17-8-5-6-9-21(17)32(29-24)13-7-12-30(2)3;1-17(2)8-5-9-18-13-7-4-3-6-11(13)12(16-18)10-14(15)19;1-3-15-7-10(12(16)13(17)18-2)9-6-8(14)4-5-11(9)15;1-16-11(15)10(14)8-5-13-9-3-2-6(12)4-7(8)9;1-2-4-5-3-1;1-4(2,3)5;1-2-3;;/h5-6,8-11,14-15H,4,7,12-13H2,1-3H3,(H,28,33,34);3-4,6-7H,5,8-10H2,1-2H3,(H2,15,19);4-7H,3H2,1-2H3;2-5,13H,1H3;1-4H2;1-3H3;2H2,1H3;1H4;/q;;;;;-1;;;+1. The van der Waals surface area contributed by atoms with Crippen LogP contribution in [0.4, 0.5) is 0 Å². The summed E-state index contributed by atoms with van der Waals surface area (Å²) in [5, 5.41) is 27.6. The molecule has 22 nitrogen and oxygen atoms in total. The van der Waals surface area contributed by atoms with Crippen LogP contribution in [0, 0.1) is 0 Å². The molecule has 0 bridgehead atoms. The van der Waals surface area contributed by atoms with Gasteiger partial charge in [0.05, 0.1) is 59.6 Å². The zero-order valence-corrected chi connectivity index (χ0v) is 67.2. The number of imide groups is 1. The smallest absolute Gasteiger partial charge is 0.850 e. The predicted molar refractivity (Wildman–Crippen MR) is 411 cm³/mol. The fourth-order valence-electron chi connectivity index (χ4n) is 10.8. The van der Waals surface area contributed by atoms with Crippen LogP contribution in [0.3, 0.4) is 0 Å². The second-order valence-electron chi connectivity index (χ2n) is 24.5.